The third-order valence-corrected chi connectivity index (χ3v) is 6.84. The highest BCUT2D eigenvalue weighted by atomic mass is 32.1. The average Bonchev–Trinajstić information content (AvgIpc) is 3.50. The number of carbonyl (C=O) groups excluding carboxylic acids is 1. The summed E-state index contributed by atoms with van der Waals surface area (Å²) in [5.41, 5.74) is 3.50. The Hall–Kier alpha value is -3.12. The van der Waals surface area contributed by atoms with Gasteiger partial charge in [0.1, 0.15) is 18.2 Å². The quantitative estimate of drug-likeness (QED) is 0.240. The maximum absolute atomic E-state index is 12.0. The van der Waals surface area contributed by atoms with Gasteiger partial charge in [-0.15, -0.1) is 11.3 Å². The largest absolute Gasteiger partial charge is 0.492 e. The molecule has 178 valence electrons. The summed E-state index contributed by atoms with van der Waals surface area (Å²) in [6.45, 7) is 6.46. The number of ether oxygens (including phenoxy) is 1. The van der Waals surface area contributed by atoms with Crippen LogP contribution in [0.25, 0.3) is 11.0 Å². The number of para-hydroxylation sites is 2. The van der Waals surface area contributed by atoms with Gasteiger partial charge in [-0.25, -0.2) is 4.98 Å². The molecule has 2 heterocycles. The van der Waals surface area contributed by atoms with Crippen molar-refractivity contribution in [2.75, 3.05) is 13.2 Å². The van der Waals surface area contributed by atoms with Gasteiger partial charge in [0.2, 0.25) is 0 Å². The molecule has 0 radical (unpaired) electrons. The minimum atomic E-state index is 0.0237. The Balaban J connectivity index is 1.28. The van der Waals surface area contributed by atoms with Crippen molar-refractivity contribution in [1.29, 1.82) is 0 Å². The van der Waals surface area contributed by atoms with Crippen LogP contribution in [0.15, 0.2) is 66.0 Å². The Kier molecular flexibility index (Phi) is 8.36. The Labute approximate surface area is 205 Å². The van der Waals surface area contributed by atoms with Crippen LogP contribution >= 0.6 is 11.3 Å². The monoisotopic (exact) mass is 475 g/mol. The van der Waals surface area contributed by atoms with Gasteiger partial charge >= 0.3 is 0 Å². The van der Waals surface area contributed by atoms with Crippen LogP contribution in [0.2, 0.25) is 0 Å². The number of amides is 1. The Morgan fingerprint density at radius 3 is 2.62 bits per heavy atom. The fraction of sp³-hybridized carbons (Fsp3) is 0.357. The second-order valence-corrected chi connectivity index (χ2v) is 9.73. The van der Waals surface area contributed by atoms with E-state index in [0.29, 0.717) is 19.1 Å². The van der Waals surface area contributed by atoms with E-state index in [1.165, 1.54) is 16.9 Å². The van der Waals surface area contributed by atoms with Crippen LogP contribution in [0.5, 0.6) is 5.75 Å². The van der Waals surface area contributed by atoms with Crippen LogP contribution in [0.3, 0.4) is 0 Å². The van der Waals surface area contributed by atoms with Gasteiger partial charge in [-0.3, -0.25) is 4.79 Å². The maximum atomic E-state index is 12.0. The highest BCUT2D eigenvalue weighted by Crippen LogP contribution is 2.20. The summed E-state index contributed by atoms with van der Waals surface area (Å²) in [5.74, 6) is 2.55. The number of nitrogens with one attached hydrogen (secondary N) is 1. The number of rotatable bonds is 12. The minimum Gasteiger partial charge on any atom is -0.492 e. The Morgan fingerprint density at radius 1 is 1.03 bits per heavy atom. The van der Waals surface area contributed by atoms with Crippen molar-refractivity contribution in [3.63, 3.8) is 0 Å². The number of benzene rings is 2. The smallest absolute Gasteiger partial charge is 0.261 e. The highest BCUT2D eigenvalue weighted by molar-refractivity contribution is 7.12. The van der Waals surface area contributed by atoms with Crippen LogP contribution in [-0.2, 0) is 13.0 Å². The van der Waals surface area contributed by atoms with Gasteiger partial charge < -0.3 is 14.6 Å². The first kappa shape index (κ1) is 24.0. The first-order valence-corrected chi connectivity index (χ1v) is 13.0. The van der Waals surface area contributed by atoms with Crippen LogP contribution in [0.1, 0.15) is 60.1 Å². The second-order valence-electron chi connectivity index (χ2n) is 8.78. The van der Waals surface area contributed by atoms with Crippen LogP contribution in [-0.4, -0.2) is 28.6 Å². The van der Waals surface area contributed by atoms with Gasteiger partial charge in [0.05, 0.1) is 22.5 Å². The Bertz CT molecular complexity index is 1180. The number of hydrogen-bond acceptors (Lipinski definition) is 4. The third kappa shape index (κ3) is 6.26. The molecule has 34 heavy (non-hydrogen) atoms. The lowest BCUT2D eigenvalue weighted by Gasteiger charge is -2.12. The van der Waals surface area contributed by atoms with E-state index < -0.39 is 0 Å². The molecule has 1 N–H and O–H groups in total. The number of carbonyl (C=O) groups is 1. The van der Waals surface area contributed by atoms with Gasteiger partial charge in [-0.2, -0.15) is 0 Å². The van der Waals surface area contributed by atoms with Crippen molar-refractivity contribution in [1.82, 2.24) is 14.9 Å². The van der Waals surface area contributed by atoms with Gasteiger partial charge in [0, 0.05) is 13.0 Å². The predicted octanol–water partition coefficient (Wildman–Crippen LogP) is 6.44. The molecule has 5 nitrogen and oxygen atoms in total. The molecule has 0 aliphatic rings. The first-order valence-electron chi connectivity index (χ1n) is 12.1. The van der Waals surface area contributed by atoms with E-state index in [0.717, 1.165) is 59.7 Å². The van der Waals surface area contributed by atoms with E-state index in [1.54, 1.807) is 0 Å². The molecule has 0 unspecified atom stereocenters. The molecular weight excluding hydrogens is 442 g/mol. The fourth-order valence-corrected chi connectivity index (χ4v) is 4.69. The van der Waals surface area contributed by atoms with Gasteiger partial charge in [0.15, 0.2) is 0 Å². The van der Waals surface area contributed by atoms with Gasteiger partial charge in [0.25, 0.3) is 5.91 Å². The van der Waals surface area contributed by atoms with Crippen molar-refractivity contribution in [3.8, 4) is 5.75 Å². The SMILES string of the molecule is CC(C)c1ccc(OCCn2c(CCCCCNC(=O)c3cccs3)nc3ccccc32)cc1. The van der Waals surface area contributed by atoms with Crippen molar-refractivity contribution in [3.05, 3.63) is 82.3 Å². The molecule has 2 aromatic carbocycles. The molecule has 4 rings (SSSR count). The van der Waals surface area contributed by atoms with Gasteiger partial charge in [-0.05, 0) is 60.0 Å². The zero-order chi connectivity index (χ0) is 23.8. The number of aromatic nitrogens is 2. The number of thiophene rings is 1. The van der Waals surface area contributed by atoms with Crippen molar-refractivity contribution in [2.24, 2.45) is 0 Å². The van der Waals surface area contributed by atoms with Crippen molar-refractivity contribution >= 4 is 28.3 Å². The molecule has 0 aliphatic heterocycles. The lowest BCUT2D eigenvalue weighted by Crippen LogP contribution is -2.23. The van der Waals surface area contributed by atoms with Crippen LogP contribution in [0.4, 0.5) is 0 Å². The van der Waals surface area contributed by atoms with E-state index in [1.807, 2.05) is 23.6 Å². The summed E-state index contributed by atoms with van der Waals surface area (Å²) >= 11 is 1.47. The van der Waals surface area contributed by atoms with Crippen molar-refractivity contribution < 1.29 is 9.53 Å². The highest BCUT2D eigenvalue weighted by Gasteiger charge is 2.11. The van der Waals surface area contributed by atoms with Gasteiger partial charge in [-0.1, -0.05) is 50.6 Å². The van der Waals surface area contributed by atoms with E-state index >= 15 is 0 Å². The molecule has 0 fully saturated rings. The van der Waals surface area contributed by atoms with Crippen molar-refractivity contribution in [2.45, 2.75) is 52.0 Å². The number of hydrogen-bond donors (Lipinski definition) is 1. The lowest BCUT2D eigenvalue weighted by atomic mass is 10.0. The maximum Gasteiger partial charge on any atom is 0.261 e. The number of unbranched alkanes of at least 4 members (excludes halogenated alkanes) is 2. The second kappa shape index (κ2) is 11.8. The number of aryl methyl sites for hydroxylation is 1. The minimum absolute atomic E-state index is 0.0237. The summed E-state index contributed by atoms with van der Waals surface area (Å²) in [6.07, 6.45) is 3.96. The van der Waals surface area contributed by atoms with E-state index in [2.05, 4.69) is 66.2 Å². The predicted molar refractivity (Wildman–Crippen MR) is 140 cm³/mol. The first-order chi connectivity index (χ1) is 16.6. The molecule has 2 aromatic heterocycles. The topological polar surface area (TPSA) is 56.1 Å². The number of nitrogens with zero attached hydrogens (tertiary/aromatic N) is 2. The van der Waals surface area contributed by atoms with E-state index in [4.69, 9.17) is 9.72 Å². The summed E-state index contributed by atoms with van der Waals surface area (Å²) in [7, 11) is 0. The molecule has 6 heteroatoms. The fourth-order valence-electron chi connectivity index (χ4n) is 4.05. The molecule has 0 saturated heterocycles. The normalized spacial score (nSPS) is 11.3. The summed E-state index contributed by atoms with van der Waals surface area (Å²) in [4.78, 5) is 17.7. The standard InChI is InChI=1S/C28H33N3O2S/c1-21(2)22-13-15-23(16-14-22)33-19-18-31-25-10-6-5-9-24(25)30-27(31)12-4-3-7-17-29-28(32)26-11-8-20-34-26/h5-6,8-11,13-16,20-21H,3-4,7,12,17-19H2,1-2H3,(H,29,32). The zero-order valence-electron chi connectivity index (χ0n) is 20.0. The summed E-state index contributed by atoms with van der Waals surface area (Å²) in [6, 6.07) is 20.4. The van der Waals surface area contributed by atoms with E-state index in [9.17, 15) is 4.79 Å². The summed E-state index contributed by atoms with van der Waals surface area (Å²) in [5, 5.41) is 4.93. The summed E-state index contributed by atoms with van der Waals surface area (Å²) < 4.78 is 8.33. The molecule has 0 spiro atoms. The molecule has 1 amide bonds. The average molecular weight is 476 g/mol. The Morgan fingerprint density at radius 2 is 1.85 bits per heavy atom. The molecule has 0 aliphatic carbocycles. The zero-order valence-corrected chi connectivity index (χ0v) is 20.8. The van der Waals surface area contributed by atoms with E-state index in [-0.39, 0.29) is 5.91 Å². The molecule has 0 bridgehead atoms. The van der Waals surface area contributed by atoms with Crippen LogP contribution < -0.4 is 10.1 Å². The molecule has 0 saturated carbocycles. The molecule has 0 atom stereocenters. The number of fused-ring (bicyclic) bond motifs is 1. The third-order valence-electron chi connectivity index (χ3n) is 5.97. The number of imidazole rings is 1. The molecule has 4 aromatic rings. The molecular formula is C28H33N3O2S. The van der Waals surface area contributed by atoms with Crippen LogP contribution in [0, 0.1) is 0 Å². The lowest BCUT2D eigenvalue weighted by molar-refractivity contribution is 0.0957.